The summed E-state index contributed by atoms with van der Waals surface area (Å²) < 4.78 is 0. The van der Waals surface area contributed by atoms with Crippen molar-refractivity contribution in [2.24, 2.45) is 0 Å². The molecule has 4 rings (SSSR count). The molecule has 2 aliphatic heterocycles. The molecule has 0 aliphatic carbocycles. The van der Waals surface area contributed by atoms with Gasteiger partial charge < -0.3 is 9.80 Å². The van der Waals surface area contributed by atoms with Gasteiger partial charge in [-0.2, -0.15) is 0 Å². The standard InChI is InChI=1S/C23H27N3O2S/c1-23(2,3)16-7-9-17(10-8-16)26-21(27)19(18-6-5-15-29-18)20(22(26)28)25-13-11-24(4)12-14-25/h5-10,15H,11-14H2,1-4H3. The molecule has 2 amide bonds. The van der Waals surface area contributed by atoms with Crippen LogP contribution in [-0.4, -0.2) is 54.8 Å². The molecular formula is C23H27N3O2S. The van der Waals surface area contributed by atoms with Crippen molar-refractivity contribution in [2.45, 2.75) is 26.2 Å². The van der Waals surface area contributed by atoms with Crippen LogP contribution >= 0.6 is 11.3 Å². The van der Waals surface area contributed by atoms with Gasteiger partial charge in [0.2, 0.25) is 0 Å². The molecular weight excluding hydrogens is 382 g/mol. The van der Waals surface area contributed by atoms with Crippen LogP contribution in [0.5, 0.6) is 0 Å². The SMILES string of the molecule is CN1CCN(C2=C(c3cccs3)C(=O)N(c3ccc(C(C)(C)C)cc3)C2=O)CC1. The fourth-order valence-corrected chi connectivity index (χ4v) is 4.59. The average molecular weight is 410 g/mol. The van der Waals surface area contributed by atoms with Crippen LogP contribution in [0.2, 0.25) is 0 Å². The zero-order valence-corrected chi connectivity index (χ0v) is 18.3. The lowest BCUT2D eigenvalue weighted by Gasteiger charge is -2.34. The van der Waals surface area contributed by atoms with E-state index in [1.165, 1.54) is 21.8 Å². The summed E-state index contributed by atoms with van der Waals surface area (Å²) in [6, 6.07) is 11.6. The number of likely N-dealkylation sites (N-methyl/N-ethyl adjacent to an activating group) is 1. The van der Waals surface area contributed by atoms with Crippen molar-refractivity contribution in [2.75, 3.05) is 38.1 Å². The first kappa shape index (κ1) is 19.9. The summed E-state index contributed by atoms with van der Waals surface area (Å²) in [5.74, 6) is -0.443. The van der Waals surface area contributed by atoms with Crippen LogP contribution in [0.1, 0.15) is 31.2 Å². The summed E-state index contributed by atoms with van der Waals surface area (Å²) in [5.41, 5.74) is 2.90. The molecule has 0 bridgehead atoms. The first-order chi connectivity index (χ1) is 13.8. The Morgan fingerprint density at radius 3 is 2.10 bits per heavy atom. The van der Waals surface area contributed by atoms with Gasteiger partial charge in [0.1, 0.15) is 5.70 Å². The molecule has 0 spiro atoms. The van der Waals surface area contributed by atoms with Crippen LogP contribution in [0, 0.1) is 0 Å². The number of imide groups is 1. The number of nitrogens with zero attached hydrogens (tertiary/aromatic N) is 3. The first-order valence-electron chi connectivity index (χ1n) is 9.98. The number of rotatable bonds is 3. The fourth-order valence-electron chi connectivity index (χ4n) is 3.83. The van der Waals surface area contributed by atoms with Gasteiger partial charge >= 0.3 is 0 Å². The lowest BCUT2D eigenvalue weighted by atomic mass is 9.87. The van der Waals surface area contributed by atoms with Gasteiger partial charge in [-0.15, -0.1) is 11.3 Å². The van der Waals surface area contributed by atoms with E-state index in [9.17, 15) is 9.59 Å². The molecule has 6 heteroatoms. The van der Waals surface area contributed by atoms with Crippen LogP contribution in [-0.2, 0) is 15.0 Å². The minimum Gasteiger partial charge on any atom is -0.364 e. The summed E-state index contributed by atoms with van der Waals surface area (Å²) in [6.45, 7) is 9.70. The topological polar surface area (TPSA) is 43.9 Å². The second-order valence-corrected chi connectivity index (χ2v) is 9.68. The van der Waals surface area contributed by atoms with E-state index >= 15 is 0 Å². The fraction of sp³-hybridized carbons (Fsp3) is 0.391. The number of anilines is 1. The van der Waals surface area contributed by atoms with E-state index in [0.717, 1.165) is 31.1 Å². The Hall–Kier alpha value is -2.44. The summed E-state index contributed by atoms with van der Waals surface area (Å²) in [5, 5.41) is 1.95. The number of thiophene rings is 1. The van der Waals surface area contributed by atoms with E-state index in [1.807, 2.05) is 41.8 Å². The number of hydrogen-bond donors (Lipinski definition) is 0. The number of hydrogen-bond acceptors (Lipinski definition) is 5. The maximum Gasteiger partial charge on any atom is 0.282 e. The van der Waals surface area contributed by atoms with E-state index in [4.69, 9.17) is 0 Å². The predicted octanol–water partition coefficient (Wildman–Crippen LogP) is 3.58. The minimum absolute atomic E-state index is 0.0168. The third-order valence-corrected chi connectivity index (χ3v) is 6.53. The molecule has 29 heavy (non-hydrogen) atoms. The van der Waals surface area contributed by atoms with Gasteiger partial charge in [0, 0.05) is 31.1 Å². The molecule has 5 nitrogen and oxygen atoms in total. The van der Waals surface area contributed by atoms with Crippen molar-refractivity contribution >= 4 is 34.4 Å². The van der Waals surface area contributed by atoms with Crippen LogP contribution in [0.25, 0.3) is 5.57 Å². The van der Waals surface area contributed by atoms with Crippen LogP contribution < -0.4 is 4.90 Å². The average Bonchev–Trinajstić information content (AvgIpc) is 3.28. The van der Waals surface area contributed by atoms with Crippen molar-refractivity contribution in [1.82, 2.24) is 9.80 Å². The molecule has 152 valence electrons. The van der Waals surface area contributed by atoms with E-state index in [-0.39, 0.29) is 17.2 Å². The number of benzene rings is 1. The molecule has 1 aromatic carbocycles. The van der Waals surface area contributed by atoms with E-state index in [1.54, 1.807) is 0 Å². The third kappa shape index (κ3) is 3.63. The predicted molar refractivity (Wildman–Crippen MR) is 118 cm³/mol. The van der Waals surface area contributed by atoms with Gasteiger partial charge in [-0.3, -0.25) is 9.59 Å². The minimum atomic E-state index is -0.227. The van der Waals surface area contributed by atoms with Gasteiger partial charge in [-0.25, -0.2) is 4.90 Å². The molecule has 1 saturated heterocycles. The Balaban J connectivity index is 1.73. The van der Waals surface area contributed by atoms with Gasteiger partial charge in [0.25, 0.3) is 11.8 Å². The highest BCUT2D eigenvalue weighted by atomic mass is 32.1. The van der Waals surface area contributed by atoms with Crippen molar-refractivity contribution in [3.05, 3.63) is 57.9 Å². The Labute approximate surface area is 176 Å². The summed E-state index contributed by atoms with van der Waals surface area (Å²) in [6.07, 6.45) is 0. The van der Waals surface area contributed by atoms with Gasteiger partial charge in [0.05, 0.1) is 11.3 Å². The molecule has 0 saturated carbocycles. The van der Waals surface area contributed by atoms with Crippen molar-refractivity contribution in [3.63, 3.8) is 0 Å². The highest BCUT2D eigenvalue weighted by Crippen LogP contribution is 2.37. The highest BCUT2D eigenvalue weighted by Gasteiger charge is 2.43. The number of carbonyl (C=O) groups is 2. The quantitative estimate of drug-likeness (QED) is 0.727. The van der Waals surface area contributed by atoms with Gasteiger partial charge in [-0.05, 0) is 41.6 Å². The van der Waals surface area contributed by atoms with Crippen LogP contribution in [0.4, 0.5) is 5.69 Å². The highest BCUT2D eigenvalue weighted by molar-refractivity contribution is 7.11. The molecule has 0 atom stereocenters. The summed E-state index contributed by atoms with van der Waals surface area (Å²) in [7, 11) is 2.08. The molecule has 2 aliphatic rings. The Morgan fingerprint density at radius 1 is 0.897 bits per heavy atom. The lowest BCUT2D eigenvalue weighted by molar-refractivity contribution is -0.120. The Bertz CT molecular complexity index is 947. The number of carbonyl (C=O) groups excluding carboxylic acids is 2. The zero-order valence-electron chi connectivity index (χ0n) is 17.4. The number of amides is 2. The second-order valence-electron chi connectivity index (χ2n) is 8.73. The molecule has 0 unspecified atom stereocenters. The van der Waals surface area contributed by atoms with Crippen molar-refractivity contribution < 1.29 is 9.59 Å². The van der Waals surface area contributed by atoms with Crippen LogP contribution in [0.3, 0.4) is 0 Å². The van der Waals surface area contributed by atoms with Crippen LogP contribution in [0.15, 0.2) is 47.5 Å². The van der Waals surface area contributed by atoms with Crippen molar-refractivity contribution in [1.29, 1.82) is 0 Å². The van der Waals surface area contributed by atoms with E-state index in [0.29, 0.717) is 17.0 Å². The molecule has 3 heterocycles. The monoisotopic (exact) mass is 409 g/mol. The normalized spacial score (nSPS) is 18.9. The Kier molecular flexibility index (Phi) is 5.09. The third-order valence-electron chi connectivity index (χ3n) is 5.64. The molecule has 1 fully saturated rings. The largest absolute Gasteiger partial charge is 0.364 e. The molecule has 0 N–H and O–H groups in total. The second kappa shape index (κ2) is 7.43. The molecule has 1 aromatic heterocycles. The van der Waals surface area contributed by atoms with E-state index in [2.05, 4.69) is 37.6 Å². The van der Waals surface area contributed by atoms with Gasteiger partial charge in [-0.1, -0.05) is 39.0 Å². The maximum atomic E-state index is 13.5. The first-order valence-corrected chi connectivity index (χ1v) is 10.9. The summed E-state index contributed by atoms with van der Waals surface area (Å²) in [4.78, 5) is 33.4. The van der Waals surface area contributed by atoms with E-state index < -0.39 is 0 Å². The zero-order chi connectivity index (χ0) is 20.8. The molecule has 0 radical (unpaired) electrons. The maximum absolute atomic E-state index is 13.5. The lowest BCUT2D eigenvalue weighted by Crippen LogP contribution is -2.46. The number of piperazine rings is 1. The van der Waals surface area contributed by atoms with Crippen molar-refractivity contribution in [3.8, 4) is 0 Å². The molecule has 2 aromatic rings. The smallest absolute Gasteiger partial charge is 0.282 e. The Morgan fingerprint density at radius 2 is 1.55 bits per heavy atom. The summed E-state index contributed by atoms with van der Waals surface area (Å²) >= 11 is 1.50. The van der Waals surface area contributed by atoms with Gasteiger partial charge in [0.15, 0.2) is 0 Å².